The summed E-state index contributed by atoms with van der Waals surface area (Å²) >= 11 is 6.05. The molecule has 2 aromatic rings. The Bertz CT molecular complexity index is 772. The Kier molecular flexibility index (Phi) is 7.04. The molecule has 1 N–H and O–H groups in total. The van der Waals surface area contributed by atoms with E-state index in [1.54, 1.807) is 26.0 Å². The van der Waals surface area contributed by atoms with Crippen LogP contribution in [0.4, 0.5) is 0 Å². The summed E-state index contributed by atoms with van der Waals surface area (Å²) in [6.07, 6.45) is 0. The van der Waals surface area contributed by atoms with Crippen molar-refractivity contribution < 1.29 is 4.79 Å². The van der Waals surface area contributed by atoms with Crippen LogP contribution in [-0.2, 0) is 13.1 Å². The lowest BCUT2D eigenvalue weighted by Gasteiger charge is -2.22. The monoisotopic (exact) mass is 372 g/mol. The third kappa shape index (κ3) is 5.49. The summed E-state index contributed by atoms with van der Waals surface area (Å²) in [6.45, 7) is 1.33. The summed E-state index contributed by atoms with van der Waals surface area (Å²) < 4.78 is 0. The summed E-state index contributed by atoms with van der Waals surface area (Å²) in [4.78, 5) is 19.9. The molecule has 2 aromatic carbocycles. The van der Waals surface area contributed by atoms with Crippen molar-refractivity contribution in [3.8, 4) is 0 Å². The second-order valence-corrected chi connectivity index (χ2v) is 6.72. The SMILES string of the molecule is CN=C(NCc1ccc(C(=O)N(C)C)cc1)N(C)Cc1cccc(Cl)c1. The molecule has 2 rings (SSSR count). The van der Waals surface area contributed by atoms with Gasteiger partial charge in [-0.3, -0.25) is 9.79 Å². The summed E-state index contributed by atoms with van der Waals surface area (Å²) in [7, 11) is 7.24. The van der Waals surface area contributed by atoms with Crippen molar-refractivity contribution >= 4 is 23.5 Å². The Morgan fingerprint density at radius 1 is 1.08 bits per heavy atom. The van der Waals surface area contributed by atoms with Crippen molar-refractivity contribution in [1.82, 2.24) is 15.1 Å². The van der Waals surface area contributed by atoms with Crippen LogP contribution in [0.15, 0.2) is 53.5 Å². The average Bonchev–Trinajstić information content (AvgIpc) is 2.62. The van der Waals surface area contributed by atoms with Gasteiger partial charge in [0.1, 0.15) is 0 Å². The number of hydrogen-bond acceptors (Lipinski definition) is 2. The van der Waals surface area contributed by atoms with Crippen LogP contribution in [0.2, 0.25) is 5.02 Å². The minimum Gasteiger partial charge on any atom is -0.352 e. The van der Waals surface area contributed by atoms with E-state index in [0.717, 1.165) is 22.1 Å². The topological polar surface area (TPSA) is 47.9 Å². The molecule has 0 bridgehead atoms. The van der Waals surface area contributed by atoms with Crippen LogP contribution in [0.5, 0.6) is 0 Å². The number of rotatable bonds is 5. The van der Waals surface area contributed by atoms with Crippen LogP contribution in [0.25, 0.3) is 0 Å². The minimum absolute atomic E-state index is 0.00146. The van der Waals surface area contributed by atoms with Gasteiger partial charge in [-0.1, -0.05) is 35.9 Å². The van der Waals surface area contributed by atoms with E-state index in [4.69, 9.17) is 11.6 Å². The third-order valence-corrected chi connectivity index (χ3v) is 4.17. The first-order chi connectivity index (χ1) is 12.4. The molecular formula is C20H25ClN4O. The summed E-state index contributed by atoms with van der Waals surface area (Å²) in [5.74, 6) is 0.792. The molecule has 0 spiro atoms. The molecule has 0 aliphatic rings. The highest BCUT2D eigenvalue weighted by molar-refractivity contribution is 6.30. The fraction of sp³-hybridized carbons (Fsp3) is 0.300. The number of nitrogens with zero attached hydrogens (tertiary/aromatic N) is 3. The molecule has 5 nitrogen and oxygen atoms in total. The molecule has 0 fully saturated rings. The van der Waals surface area contributed by atoms with Crippen molar-refractivity contribution in [1.29, 1.82) is 0 Å². The van der Waals surface area contributed by atoms with Crippen LogP contribution in [0.3, 0.4) is 0 Å². The average molecular weight is 373 g/mol. The minimum atomic E-state index is 0.00146. The van der Waals surface area contributed by atoms with E-state index in [2.05, 4.69) is 10.3 Å². The quantitative estimate of drug-likeness (QED) is 0.647. The van der Waals surface area contributed by atoms with Gasteiger partial charge in [0.25, 0.3) is 5.91 Å². The standard InChI is InChI=1S/C20H25ClN4O/c1-22-20(25(4)14-16-6-5-7-18(21)12-16)23-13-15-8-10-17(11-9-15)19(26)24(2)3/h5-12H,13-14H2,1-4H3,(H,22,23). The van der Waals surface area contributed by atoms with E-state index < -0.39 is 0 Å². The molecular weight excluding hydrogens is 348 g/mol. The number of aliphatic imine (C=N–C) groups is 1. The zero-order valence-corrected chi connectivity index (χ0v) is 16.4. The molecule has 1 amide bonds. The van der Waals surface area contributed by atoms with Gasteiger partial charge in [-0.15, -0.1) is 0 Å². The Morgan fingerprint density at radius 3 is 2.35 bits per heavy atom. The van der Waals surface area contributed by atoms with Crippen LogP contribution in [-0.4, -0.2) is 49.9 Å². The van der Waals surface area contributed by atoms with Gasteiger partial charge < -0.3 is 15.1 Å². The lowest BCUT2D eigenvalue weighted by Crippen LogP contribution is -2.38. The van der Waals surface area contributed by atoms with Gasteiger partial charge in [-0.25, -0.2) is 0 Å². The Balaban J connectivity index is 1.95. The van der Waals surface area contributed by atoms with E-state index in [-0.39, 0.29) is 5.91 Å². The zero-order chi connectivity index (χ0) is 19.1. The van der Waals surface area contributed by atoms with Crippen LogP contribution in [0, 0.1) is 0 Å². The predicted molar refractivity (Wildman–Crippen MR) is 108 cm³/mol. The molecule has 0 aromatic heterocycles. The highest BCUT2D eigenvalue weighted by Gasteiger charge is 2.09. The van der Waals surface area contributed by atoms with Gasteiger partial charge in [0.15, 0.2) is 5.96 Å². The summed E-state index contributed by atoms with van der Waals surface area (Å²) in [6, 6.07) is 15.4. The smallest absolute Gasteiger partial charge is 0.253 e. The number of halogens is 1. The predicted octanol–water partition coefficient (Wildman–Crippen LogP) is 3.25. The van der Waals surface area contributed by atoms with Gasteiger partial charge in [0.05, 0.1) is 0 Å². The van der Waals surface area contributed by atoms with Crippen molar-refractivity contribution in [2.75, 3.05) is 28.2 Å². The number of nitrogens with one attached hydrogen (secondary N) is 1. The molecule has 26 heavy (non-hydrogen) atoms. The van der Waals surface area contributed by atoms with Crippen molar-refractivity contribution in [3.63, 3.8) is 0 Å². The van der Waals surface area contributed by atoms with Gasteiger partial charge in [0, 0.05) is 51.9 Å². The number of carbonyl (C=O) groups is 1. The number of amides is 1. The lowest BCUT2D eigenvalue weighted by atomic mass is 10.1. The van der Waals surface area contributed by atoms with E-state index in [1.165, 1.54) is 0 Å². The fourth-order valence-corrected chi connectivity index (χ4v) is 2.79. The third-order valence-electron chi connectivity index (χ3n) is 3.94. The molecule has 0 unspecified atom stereocenters. The van der Waals surface area contributed by atoms with Crippen molar-refractivity contribution in [2.24, 2.45) is 4.99 Å². The number of hydrogen-bond donors (Lipinski definition) is 1. The molecule has 6 heteroatoms. The zero-order valence-electron chi connectivity index (χ0n) is 15.7. The molecule has 0 aliphatic carbocycles. The number of carbonyl (C=O) groups excluding carboxylic acids is 1. The van der Waals surface area contributed by atoms with Gasteiger partial charge >= 0.3 is 0 Å². The molecule has 0 saturated heterocycles. The Morgan fingerprint density at radius 2 is 1.77 bits per heavy atom. The molecule has 0 atom stereocenters. The van der Waals surface area contributed by atoms with Crippen LogP contribution < -0.4 is 5.32 Å². The molecule has 0 radical (unpaired) electrons. The highest BCUT2D eigenvalue weighted by atomic mass is 35.5. The first kappa shape index (κ1) is 19.8. The van der Waals surface area contributed by atoms with E-state index >= 15 is 0 Å². The summed E-state index contributed by atoms with van der Waals surface area (Å²) in [5.41, 5.74) is 2.88. The number of guanidine groups is 1. The fourth-order valence-electron chi connectivity index (χ4n) is 2.57. The summed E-state index contributed by atoms with van der Waals surface area (Å²) in [5, 5.41) is 4.07. The van der Waals surface area contributed by atoms with Gasteiger partial charge in [-0.05, 0) is 35.4 Å². The maximum atomic E-state index is 11.9. The molecule has 138 valence electrons. The van der Waals surface area contributed by atoms with Gasteiger partial charge in [-0.2, -0.15) is 0 Å². The first-order valence-corrected chi connectivity index (χ1v) is 8.75. The molecule has 0 aliphatic heterocycles. The Hall–Kier alpha value is -2.53. The van der Waals surface area contributed by atoms with E-state index in [9.17, 15) is 4.79 Å². The maximum absolute atomic E-state index is 11.9. The second kappa shape index (κ2) is 9.25. The molecule has 0 saturated carbocycles. The van der Waals surface area contributed by atoms with Crippen molar-refractivity contribution in [2.45, 2.75) is 13.1 Å². The Labute approximate surface area is 160 Å². The highest BCUT2D eigenvalue weighted by Crippen LogP contribution is 2.12. The van der Waals surface area contributed by atoms with Crippen LogP contribution in [0.1, 0.15) is 21.5 Å². The largest absolute Gasteiger partial charge is 0.352 e. The second-order valence-electron chi connectivity index (χ2n) is 6.28. The number of benzene rings is 2. The normalized spacial score (nSPS) is 11.2. The molecule has 0 heterocycles. The van der Waals surface area contributed by atoms with E-state index in [1.807, 2.05) is 60.5 Å². The lowest BCUT2D eigenvalue weighted by molar-refractivity contribution is 0.0827. The van der Waals surface area contributed by atoms with Crippen LogP contribution >= 0.6 is 11.6 Å². The van der Waals surface area contributed by atoms with Crippen molar-refractivity contribution in [3.05, 3.63) is 70.2 Å². The maximum Gasteiger partial charge on any atom is 0.253 e. The first-order valence-electron chi connectivity index (χ1n) is 8.37. The van der Waals surface area contributed by atoms with E-state index in [0.29, 0.717) is 18.7 Å². The van der Waals surface area contributed by atoms with Gasteiger partial charge in [0.2, 0.25) is 0 Å².